The van der Waals surface area contributed by atoms with Gasteiger partial charge in [0.05, 0.1) is 22.3 Å². The lowest BCUT2D eigenvalue weighted by molar-refractivity contribution is -0.384. The van der Waals surface area contributed by atoms with Crippen LogP contribution in [0.3, 0.4) is 0 Å². The van der Waals surface area contributed by atoms with Gasteiger partial charge in [-0.25, -0.2) is 9.18 Å². The van der Waals surface area contributed by atoms with Crippen molar-refractivity contribution in [1.82, 2.24) is 4.90 Å². The molecule has 0 saturated carbocycles. The van der Waals surface area contributed by atoms with Crippen molar-refractivity contribution in [3.63, 3.8) is 0 Å². The zero-order chi connectivity index (χ0) is 30.5. The Balaban J connectivity index is 2.10. The first-order valence-electron chi connectivity index (χ1n) is 12.7. The Morgan fingerprint density at radius 2 is 1.85 bits per heavy atom. The fourth-order valence-electron chi connectivity index (χ4n) is 3.72. The van der Waals surface area contributed by atoms with Gasteiger partial charge in [-0.2, -0.15) is 0 Å². The molecule has 0 spiro atoms. The highest BCUT2D eigenvalue weighted by Gasteiger charge is 2.54. The normalized spacial score (nSPS) is 18.2. The summed E-state index contributed by atoms with van der Waals surface area (Å²) in [4.78, 5) is 51.7. The van der Waals surface area contributed by atoms with Gasteiger partial charge in [0, 0.05) is 23.6 Å². The van der Waals surface area contributed by atoms with Crippen molar-refractivity contribution in [1.29, 1.82) is 0 Å². The third-order valence-corrected chi connectivity index (χ3v) is 8.33. The molecule has 3 atom stereocenters. The van der Waals surface area contributed by atoms with Crippen molar-refractivity contribution in [2.45, 2.75) is 52.7 Å². The van der Waals surface area contributed by atoms with Crippen LogP contribution in [0.1, 0.15) is 40.2 Å². The number of nitro groups is 1. The first-order valence-corrected chi connectivity index (χ1v) is 14.5. The van der Waals surface area contributed by atoms with Gasteiger partial charge in [0.2, 0.25) is 11.0 Å². The van der Waals surface area contributed by atoms with Gasteiger partial charge in [0.25, 0.3) is 5.69 Å². The third-order valence-electron chi connectivity index (χ3n) is 5.89. The number of amides is 1. The molecule has 3 rings (SSSR count). The molecule has 13 heteroatoms. The average Bonchev–Trinajstić information content (AvgIpc) is 2.89. The molecule has 220 valence electrons. The zero-order valence-corrected chi connectivity index (χ0v) is 24.8. The Labute approximate surface area is 245 Å². The second kappa shape index (κ2) is 13.5. The number of hydrogen-bond donors (Lipinski definition) is 1. The summed E-state index contributed by atoms with van der Waals surface area (Å²) in [5.41, 5.74) is -0.955. The molecule has 0 aliphatic carbocycles. The monoisotopic (exact) mass is 606 g/mol. The number of rotatable bonds is 11. The number of carbonyl (C=O) groups excluding carboxylic acids is 3. The fourth-order valence-corrected chi connectivity index (χ4v) is 5.86. The minimum atomic E-state index is -1.02. The number of carbonyl (C=O) groups is 3. The molecular formula is C28H31FN2O8S2. The van der Waals surface area contributed by atoms with Crippen molar-refractivity contribution in [2.75, 3.05) is 5.75 Å². The molecule has 1 aliphatic rings. The second-order valence-corrected chi connectivity index (χ2v) is 12.5. The number of benzene rings is 2. The number of thioether (sulfide) groups is 2. The van der Waals surface area contributed by atoms with Gasteiger partial charge in [0.15, 0.2) is 10.8 Å². The van der Waals surface area contributed by atoms with Crippen molar-refractivity contribution in [3.8, 4) is 5.75 Å². The number of nitrogens with zero attached hydrogens (tertiary/aromatic N) is 2. The number of nitro benzene ring substituents is 1. The number of esters is 1. The maximum Gasteiger partial charge on any atom is 0.359 e. The number of halogens is 1. The maximum atomic E-state index is 14.0. The van der Waals surface area contributed by atoms with E-state index < -0.39 is 50.5 Å². The lowest BCUT2D eigenvalue weighted by atomic mass is 9.92. The zero-order valence-electron chi connectivity index (χ0n) is 23.2. The summed E-state index contributed by atoms with van der Waals surface area (Å²) in [6.07, 6.45) is -1.02. The van der Waals surface area contributed by atoms with Crippen LogP contribution in [0.5, 0.6) is 5.75 Å². The van der Waals surface area contributed by atoms with Gasteiger partial charge >= 0.3 is 5.97 Å². The van der Waals surface area contributed by atoms with Crippen LogP contribution < -0.4 is 4.74 Å². The van der Waals surface area contributed by atoms with E-state index in [-0.39, 0.29) is 28.8 Å². The van der Waals surface area contributed by atoms with Crippen LogP contribution in [0.4, 0.5) is 10.1 Å². The van der Waals surface area contributed by atoms with E-state index >= 15 is 0 Å². The molecule has 0 unspecified atom stereocenters. The fraction of sp³-hybridized carbons (Fsp3) is 0.393. The Morgan fingerprint density at radius 3 is 2.39 bits per heavy atom. The maximum absolute atomic E-state index is 14.0. The Bertz CT molecular complexity index is 1340. The van der Waals surface area contributed by atoms with Crippen LogP contribution >= 0.6 is 23.5 Å². The number of ether oxygens (including phenoxy) is 2. The smallest absolute Gasteiger partial charge is 0.359 e. The van der Waals surface area contributed by atoms with Crippen LogP contribution in [0.15, 0.2) is 59.3 Å². The summed E-state index contributed by atoms with van der Waals surface area (Å²) in [6.45, 7) is 8.03. The summed E-state index contributed by atoms with van der Waals surface area (Å²) in [6, 6.07) is 10.4. The minimum absolute atomic E-state index is 0.0189. The van der Waals surface area contributed by atoms with Crippen molar-refractivity contribution >= 4 is 46.2 Å². The number of likely N-dealkylation sites (tertiary alicyclic amines) is 1. The highest BCUT2D eigenvalue weighted by atomic mass is 32.2. The molecule has 0 aromatic heterocycles. The topological polar surface area (TPSA) is 136 Å². The van der Waals surface area contributed by atoms with E-state index in [1.54, 1.807) is 20.8 Å². The Morgan fingerprint density at radius 1 is 1.20 bits per heavy atom. The number of hydrogen-bond acceptors (Lipinski definition) is 10. The molecular weight excluding hydrogens is 575 g/mol. The molecule has 1 saturated heterocycles. The van der Waals surface area contributed by atoms with E-state index in [4.69, 9.17) is 9.47 Å². The molecule has 2 aromatic rings. The van der Waals surface area contributed by atoms with Crippen LogP contribution in [-0.2, 0) is 25.7 Å². The molecule has 1 heterocycles. The molecule has 41 heavy (non-hydrogen) atoms. The van der Waals surface area contributed by atoms with Crippen LogP contribution in [0.2, 0.25) is 0 Å². The van der Waals surface area contributed by atoms with Crippen LogP contribution in [-0.4, -0.2) is 49.2 Å². The predicted molar refractivity (Wildman–Crippen MR) is 153 cm³/mol. The van der Waals surface area contributed by atoms with E-state index in [0.717, 1.165) is 11.0 Å². The van der Waals surface area contributed by atoms with Crippen LogP contribution in [0, 0.1) is 27.3 Å². The number of non-ortho nitro benzene ring substituents is 1. The van der Waals surface area contributed by atoms with Gasteiger partial charge in [-0.3, -0.25) is 24.6 Å². The van der Waals surface area contributed by atoms with Gasteiger partial charge in [-0.05, 0) is 54.3 Å². The summed E-state index contributed by atoms with van der Waals surface area (Å²) < 4.78 is 25.4. The molecule has 10 nitrogen and oxygen atoms in total. The number of aliphatic hydroxyl groups excluding tert-OH is 1. The van der Waals surface area contributed by atoms with E-state index in [9.17, 15) is 34.0 Å². The van der Waals surface area contributed by atoms with Crippen LogP contribution in [0.25, 0.3) is 0 Å². The van der Waals surface area contributed by atoms with E-state index in [1.807, 2.05) is 6.92 Å². The molecule has 0 bridgehead atoms. The largest absolute Gasteiger partial charge is 0.456 e. The van der Waals surface area contributed by atoms with Crippen molar-refractivity contribution in [2.24, 2.45) is 11.3 Å². The second-order valence-electron chi connectivity index (χ2n) is 10.2. The SMILES string of the molecule is CCS[C@@H]1[C@@H]([C@@H](C)O)C(=O)N1C(C(=O)OCc1ccc([N+](=O)[O-])cc1)=C(Oc1cccc(F)c1)SC(=O)C(C)(C)C. The number of aliphatic hydroxyl groups is 1. The summed E-state index contributed by atoms with van der Waals surface area (Å²) >= 11 is 1.89. The van der Waals surface area contributed by atoms with Gasteiger partial charge in [0.1, 0.15) is 18.2 Å². The average molecular weight is 607 g/mol. The predicted octanol–water partition coefficient (Wildman–Crippen LogP) is 5.25. The lowest BCUT2D eigenvalue weighted by Crippen LogP contribution is -2.63. The molecule has 1 N–H and O–H groups in total. The number of β-lactam (4-membered cyclic amide) rings is 1. The lowest BCUT2D eigenvalue weighted by Gasteiger charge is -2.48. The van der Waals surface area contributed by atoms with Gasteiger partial charge in [-0.15, -0.1) is 11.8 Å². The molecule has 2 aromatic carbocycles. The molecule has 1 amide bonds. The quantitative estimate of drug-likeness (QED) is 0.0902. The first-order chi connectivity index (χ1) is 19.2. The highest BCUT2D eigenvalue weighted by Crippen LogP contribution is 2.43. The standard InChI is InChI=1S/C28H31FN2O8S2/c1-6-40-24-21(16(2)32)23(33)30(24)22(25(34)38-15-17-10-12-19(13-11-17)31(36)37)26(41-27(35)28(3,4)5)39-20-9-7-8-18(29)14-20/h7-14,16,21,24,32H,6,15H2,1-5H3/t16-,21+,24-/m1/s1. The Kier molecular flexibility index (Phi) is 10.6. The Hall–Kier alpha value is -3.42. The molecule has 0 radical (unpaired) electrons. The summed E-state index contributed by atoms with van der Waals surface area (Å²) in [5.74, 6) is -2.51. The van der Waals surface area contributed by atoms with Crippen molar-refractivity contribution < 1.29 is 38.3 Å². The third kappa shape index (κ3) is 7.86. The minimum Gasteiger partial charge on any atom is -0.456 e. The summed E-state index contributed by atoms with van der Waals surface area (Å²) in [5, 5.41) is 19.9. The van der Waals surface area contributed by atoms with E-state index in [1.165, 1.54) is 61.2 Å². The van der Waals surface area contributed by atoms with Gasteiger partial charge < -0.3 is 14.6 Å². The van der Waals surface area contributed by atoms with E-state index in [2.05, 4.69) is 0 Å². The van der Waals surface area contributed by atoms with Crippen molar-refractivity contribution in [3.05, 3.63) is 80.8 Å². The highest BCUT2D eigenvalue weighted by molar-refractivity contribution is 8.16. The first kappa shape index (κ1) is 32.1. The molecule has 1 aliphatic heterocycles. The molecule has 1 fully saturated rings. The summed E-state index contributed by atoms with van der Waals surface area (Å²) in [7, 11) is 0. The van der Waals surface area contributed by atoms with E-state index in [0.29, 0.717) is 23.1 Å². The van der Waals surface area contributed by atoms with Gasteiger partial charge in [-0.1, -0.05) is 33.8 Å².